The molecule has 0 radical (unpaired) electrons. The molecule has 1 aromatic rings. The van der Waals surface area contributed by atoms with E-state index < -0.39 is 6.10 Å². The van der Waals surface area contributed by atoms with E-state index in [0.29, 0.717) is 19.1 Å². The number of quaternary nitrogens is 1. The molecule has 0 saturated carbocycles. The Balaban J connectivity index is 2.67. The highest BCUT2D eigenvalue weighted by Gasteiger charge is 2.09. The SMILES string of the molecule is CC(C)c1ccccc1OC[C@H](O)C[NH3+]. The van der Waals surface area contributed by atoms with E-state index in [1.165, 1.54) is 5.56 Å². The lowest BCUT2D eigenvalue weighted by molar-refractivity contribution is -0.384. The first-order chi connectivity index (χ1) is 7.15. The van der Waals surface area contributed by atoms with E-state index in [-0.39, 0.29) is 0 Å². The highest BCUT2D eigenvalue weighted by atomic mass is 16.5. The van der Waals surface area contributed by atoms with Crippen LogP contribution in [0, 0.1) is 0 Å². The predicted molar refractivity (Wildman–Crippen MR) is 59.8 cm³/mol. The van der Waals surface area contributed by atoms with Gasteiger partial charge in [-0.15, -0.1) is 0 Å². The molecule has 3 heteroatoms. The molecule has 0 spiro atoms. The lowest BCUT2D eigenvalue weighted by atomic mass is 10.0. The second-order valence-electron chi connectivity index (χ2n) is 3.95. The summed E-state index contributed by atoms with van der Waals surface area (Å²) in [6.45, 7) is 5.04. The summed E-state index contributed by atoms with van der Waals surface area (Å²) in [5.74, 6) is 1.29. The number of rotatable bonds is 5. The summed E-state index contributed by atoms with van der Waals surface area (Å²) >= 11 is 0. The van der Waals surface area contributed by atoms with Crippen molar-refractivity contribution in [3.05, 3.63) is 29.8 Å². The van der Waals surface area contributed by atoms with Crippen LogP contribution in [0.3, 0.4) is 0 Å². The average Bonchev–Trinajstić information content (AvgIpc) is 2.26. The largest absolute Gasteiger partial charge is 0.490 e. The number of aliphatic hydroxyl groups is 1. The minimum absolute atomic E-state index is 0.313. The van der Waals surface area contributed by atoms with Crippen molar-refractivity contribution >= 4 is 0 Å². The minimum atomic E-state index is -0.481. The molecule has 0 saturated heterocycles. The van der Waals surface area contributed by atoms with Crippen LogP contribution in [0.2, 0.25) is 0 Å². The highest BCUT2D eigenvalue weighted by Crippen LogP contribution is 2.25. The Morgan fingerprint density at radius 1 is 1.33 bits per heavy atom. The van der Waals surface area contributed by atoms with Crippen LogP contribution in [0.5, 0.6) is 5.75 Å². The third-order valence-electron chi connectivity index (χ3n) is 2.31. The molecule has 15 heavy (non-hydrogen) atoms. The first-order valence-corrected chi connectivity index (χ1v) is 5.34. The van der Waals surface area contributed by atoms with Crippen LogP contribution in [-0.4, -0.2) is 24.4 Å². The monoisotopic (exact) mass is 210 g/mol. The molecule has 0 amide bonds. The van der Waals surface area contributed by atoms with Gasteiger partial charge >= 0.3 is 0 Å². The summed E-state index contributed by atoms with van der Waals surface area (Å²) in [4.78, 5) is 0. The molecule has 1 aromatic carbocycles. The Morgan fingerprint density at radius 3 is 2.60 bits per heavy atom. The molecule has 0 aliphatic rings. The molecule has 4 N–H and O–H groups in total. The van der Waals surface area contributed by atoms with Crippen LogP contribution < -0.4 is 10.5 Å². The van der Waals surface area contributed by atoms with Gasteiger partial charge in [-0.05, 0) is 17.5 Å². The molecule has 84 valence electrons. The molecular weight excluding hydrogens is 190 g/mol. The molecule has 0 aliphatic heterocycles. The van der Waals surface area contributed by atoms with Crippen molar-refractivity contribution in [2.75, 3.05) is 13.2 Å². The molecule has 0 fully saturated rings. The van der Waals surface area contributed by atoms with Crippen LogP contribution in [0.4, 0.5) is 0 Å². The van der Waals surface area contributed by atoms with Crippen LogP contribution in [0.25, 0.3) is 0 Å². The Labute approximate surface area is 90.9 Å². The van der Waals surface area contributed by atoms with E-state index in [9.17, 15) is 5.11 Å². The molecule has 1 atom stereocenters. The third kappa shape index (κ3) is 3.53. The molecule has 3 nitrogen and oxygen atoms in total. The molecule has 0 bridgehead atoms. The molecule has 1 rings (SSSR count). The highest BCUT2D eigenvalue weighted by molar-refractivity contribution is 5.35. The second kappa shape index (κ2) is 5.73. The topological polar surface area (TPSA) is 57.1 Å². The van der Waals surface area contributed by atoms with Crippen LogP contribution in [0.15, 0.2) is 24.3 Å². The van der Waals surface area contributed by atoms with Crippen molar-refractivity contribution < 1.29 is 15.6 Å². The predicted octanol–water partition coefficient (Wildman–Crippen LogP) is 0.792. The minimum Gasteiger partial charge on any atom is -0.490 e. The number of hydrogen-bond donors (Lipinski definition) is 2. The van der Waals surface area contributed by atoms with E-state index in [4.69, 9.17) is 4.74 Å². The van der Waals surface area contributed by atoms with Gasteiger partial charge < -0.3 is 15.6 Å². The number of para-hydroxylation sites is 1. The number of benzene rings is 1. The maximum absolute atomic E-state index is 9.36. The number of aliphatic hydroxyl groups excluding tert-OH is 1. The van der Waals surface area contributed by atoms with Crippen molar-refractivity contribution in [3.63, 3.8) is 0 Å². The van der Waals surface area contributed by atoms with Crippen molar-refractivity contribution in [2.24, 2.45) is 0 Å². The smallest absolute Gasteiger partial charge is 0.136 e. The van der Waals surface area contributed by atoms with E-state index >= 15 is 0 Å². The second-order valence-corrected chi connectivity index (χ2v) is 3.95. The zero-order valence-corrected chi connectivity index (χ0v) is 9.44. The Morgan fingerprint density at radius 2 is 2.00 bits per heavy atom. The average molecular weight is 210 g/mol. The maximum atomic E-state index is 9.36. The summed E-state index contributed by atoms with van der Waals surface area (Å²) in [5.41, 5.74) is 4.80. The molecule has 0 aliphatic carbocycles. The number of hydrogen-bond acceptors (Lipinski definition) is 2. The zero-order valence-electron chi connectivity index (χ0n) is 9.44. The molecule has 0 aromatic heterocycles. The van der Waals surface area contributed by atoms with Gasteiger partial charge in [-0.2, -0.15) is 0 Å². The van der Waals surface area contributed by atoms with Crippen LogP contribution in [0.1, 0.15) is 25.3 Å². The van der Waals surface area contributed by atoms with Gasteiger partial charge in [0.2, 0.25) is 0 Å². The fourth-order valence-electron chi connectivity index (χ4n) is 1.36. The Bertz CT molecular complexity index is 299. The summed E-state index contributed by atoms with van der Waals surface area (Å²) in [6, 6.07) is 7.93. The fourth-order valence-corrected chi connectivity index (χ4v) is 1.36. The van der Waals surface area contributed by atoms with Crippen LogP contribution >= 0.6 is 0 Å². The summed E-state index contributed by atoms with van der Waals surface area (Å²) in [6.07, 6.45) is -0.481. The summed E-state index contributed by atoms with van der Waals surface area (Å²) < 4.78 is 5.56. The zero-order chi connectivity index (χ0) is 11.3. The number of ether oxygens (including phenoxy) is 1. The molecular formula is C12H20NO2+. The van der Waals surface area contributed by atoms with Gasteiger partial charge in [-0.1, -0.05) is 32.0 Å². The maximum Gasteiger partial charge on any atom is 0.136 e. The van der Waals surface area contributed by atoms with Crippen LogP contribution in [-0.2, 0) is 0 Å². The van der Waals surface area contributed by atoms with E-state index in [0.717, 1.165) is 5.75 Å². The summed E-state index contributed by atoms with van der Waals surface area (Å²) in [7, 11) is 0. The lowest BCUT2D eigenvalue weighted by Gasteiger charge is -2.14. The Hall–Kier alpha value is -1.06. The van der Waals surface area contributed by atoms with Crippen molar-refractivity contribution in [1.82, 2.24) is 0 Å². The van der Waals surface area contributed by atoms with Crippen molar-refractivity contribution in [1.29, 1.82) is 0 Å². The summed E-state index contributed by atoms with van der Waals surface area (Å²) in [5, 5.41) is 9.36. The van der Waals surface area contributed by atoms with Gasteiger partial charge in [0, 0.05) is 0 Å². The van der Waals surface area contributed by atoms with Crippen molar-refractivity contribution in [2.45, 2.75) is 25.9 Å². The standard InChI is InChI=1S/C12H19NO2/c1-9(2)11-5-3-4-6-12(11)15-8-10(14)7-13/h3-6,9-10,14H,7-8,13H2,1-2H3/p+1/t10-/m1/s1. The van der Waals surface area contributed by atoms with Gasteiger partial charge in [0.05, 0.1) is 0 Å². The third-order valence-corrected chi connectivity index (χ3v) is 2.31. The van der Waals surface area contributed by atoms with E-state index in [1.54, 1.807) is 0 Å². The fraction of sp³-hybridized carbons (Fsp3) is 0.500. The van der Waals surface area contributed by atoms with Gasteiger partial charge in [0.15, 0.2) is 0 Å². The van der Waals surface area contributed by atoms with Gasteiger partial charge in [-0.3, -0.25) is 0 Å². The van der Waals surface area contributed by atoms with E-state index in [1.807, 2.05) is 18.2 Å². The normalized spacial score (nSPS) is 12.9. The molecule has 0 heterocycles. The van der Waals surface area contributed by atoms with Gasteiger partial charge in [0.25, 0.3) is 0 Å². The first-order valence-electron chi connectivity index (χ1n) is 5.34. The van der Waals surface area contributed by atoms with Gasteiger partial charge in [-0.25, -0.2) is 0 Å². The van der Waals surface area contributed by atoms with Crippen molar-refractivity contribution in [3.8, 4) is 5.75 Å². The lowest BCUT2D eigenvalue weighted by Crippen LogP contribution is -2.56. The first kappa shape index (κ1) is 12.0. The Kier molecular flexibility index (Phi) is 4.59. The van der Waals surface area contributed by atoms with E-state index in [2.05, 4.69) is 25.6 Å². The quantitative estimate of drug-likeness (QED) is 0.755. The molecule has 0 unspecified atom stereocenters. The van der Waals surface area contributed by atoms with Gasteiger partial charge in [0.1, 0.15) is 25.0 Å².